The van der Waals surface area contributed by atoms with Gasteiger partial charge in [0.2, 0.25) is 5.95 Å². The highest BCUT2D eigenvalue weighted by Gasteiger charge is 2.34. The zero-order chi connectivity index (χ0) is 27.8. The number of anilines is 3. The van der Waals surface area contributed by atoms with Gasteiger partial charge in [0.05, 0.1) is 6.54 Å². The molecule has 0 aliphatic carbocycles. The Morgan fingerprint density at radius 3 is 2.51 bits per heavy atom. The summed E-state index contributed by atoms with van der Waals surface area (Å²) < 4.78 is 46.4. The van der Waals surface area contributed by atoms with Gasteiger partial charge in [0, 0.05) is 65.7 Å². The summed E-state index contributed by atoms with van der Waals surface area (Å²) in [4.78, 5) is 28.5. The lowest BCUT2D eigenvalue weighted by molar-refractivity contribution is -0.0220. The van der Waals surface area contributed by atoms with E-state index in [2.05, 4.69) is 31.2 Å². The lowest BCUT2D eigenvalue weighted by atomic mass is 10.1. The molecule has 0 amide bonds. The van der Waals surface area contributed by atoms with E-state index in [1.54, 1.807) is 29.0 Å². The van der Waals surface area contributed by atoms with Gasteiger partial charge >= 0.3 is 0 Å². The third-order valence-corrected chi connectivity index (χ3v) is 6.84. The molecule has 1 aliphatic heterocycles. The normalized spacial score (nSPS) is 15.3. The maximum absolute atomic E-state index is 13.5. The first kappa shape index (κ1) is 26.5. The van der Waals surface area contributed by atoms with Crippen LogP contribution in [0.5, 0.6) is 0 Å². The van der Waals surface area contributed by atoms with Crippen molar-refractivity contribution in [1.82, 2.24) is 24.3 Å². The van der Waals surface area contributed by atoms with Crippen LogP contribution in [0.2, 0.25) is 0 Å². The zero-order valence-electron chi connectivity index (χ0n) is 21.5. The molecule has 3 aromatic heterocycles. The molecule has 5 rings (SSSR count). The molecule has 0 radical (unpaired) electrons. The van der Waals surface area contributed by atoms with Crippen molar-refractivity contribution in [3.63, 3.8) is 0 Å². The Hall–Kier alpha value is -4.13. The molecule has 1 saturated heterocycles. The molecule has 4 aromatic rings. The summed E-state index contributed by atoms with van der Waals surface area (Å²) in [6, 6.07) is 12.4. The highest BCUT2D eigenvalue weighted by atomic mass is 32.2. The molecule has 1 N–H and O–H groups in total. The number of halogens is 2. The highest BCUT2D eigenvalue weighted by molar-refractivity contribution is 7.92. The van der Waals surface area contributed by atoms with E-state index in [0.29, 0.717) is 35.6 Å². The number of rotatable bonds is 7. The van der Waals surface area contributed by atoms with Gasteiger partial charge in [-0.25, -0.2) is 32.3 Å². The Kier molecular flexibility index (Phi) is 6.93. The van der Waals surface area contributed by atoms with Crippen molar-refractivity contribution in [1.29, 1.82) is 0 Å². The van der Waals surface area contributed by atoms with E-state index in [-0.39, 0.29) is 36.7 Å². The van der Waals surface area contributed by atoms with Crippen LogP contribution in [0.25, 0.3) is 16.9 Å². The van der Waals surface area contributed by atoms with E-state index in [1.807, 2.05) is 29.2 Å². The lowest BCUT2D eigenvalue weighted by Crippen LogP contribution is -2.39. The fourth-order valence-electron chi connectivity index (χ4n) is 4.39. The Balaban J connectivity index is 1.48. The van der Waals surface area contributed by atoms with Crippen molar-refractivity contribution in [3.05, 3.63) is 71.7 Å². The van der Waals surface area contributed by atoms with Gasteiger partial charge in [0.25, 0.3) is 11.5 Å². The van der Waals surface area contributed by atoms with E-state index in [4.69, 9.17) is 0 Å². The Morgan fingerprint density at radius 2 is 1.85 bits per heavy atom. The second-order valence-electron chi connectivity index (χ2n) is 9.56. The molecule has 204 valence electrons. The minimum Gasteiger partial charge on any atom is -0.371 e. The standard InChI is InChI=1S/C26H28F2N8O2S/c1-4-14-35-24(37)20-17-29-25(30-18-8-10-19(11-9-18)34-15-12-26(27,28)13-16-34)32-23(20)36(35)22-7-5-6-21(31-22)33-39(2,3)38/h4-11,17H,1,12-16H2,2-3H3,(H,29,30,32). The number of piperidine rings is 1. The van der Waals surface area contributed by atoms with Gasteiger partial charge in [-0.15, -0.1) is 6.58 Å². The van der Waals surface area contributed by atoms with Crippen LogP contribution < -0.4 is 15.8 Å². The number of nitrogens with zero attached hydrogens (tertiary/aromatic N) is 7. The van der Waals surface area contributed by atoms with Crippen LogP contribution in [0, 0.1) is 0 Å². The molecule has 0 spiro atoms. The average molecular weight is 555 g/mol. The predicted octanol–water partition coefficient (Wildman–Crippen LogP) is 4.50. The van der Waals surface area contributed by atoms with E-state index in [1.165, 1.54) is 23.4 Å². The number of aromatic nitrogens is 5. The quantitative estimate of drug-likeness (QED) is 0.335. The SMILES string of the molecule is C=CCn1c(=O)c2cnc(Nc3ccc(N4CCC(F)(F)CC4)cc3)nc2n1-c1cccc(N=S(C)(C)=O)n1. The first-order chi connectivity index (χ1) is 18.5. The Labute approximate surface area is 224 Å². The van der Waals surface area contributed by atoms with Crippen LogP contribution in [0.4, 0.5) is 31.9 Å². The van der Waals surface area contributed by atoms with E-state index >= 15 is 0 Å². The van der Waals surface area contributed by atoms with E-state index < -0.39 is 15.7 Å². The average Bonchev–Trinajstić information content (AvgIpc) is 3.15. The van der Waals surface area contributed by atoms with Crippen molar-refractivity contribution in [3.8, 4) is 5.82 Å². The summed E-state index contributed by atoms with van der Waals surface area (Å²) in [5, 5.41) is 3.43. The molecule has 0 saturated carbocycles. The van der Waals surface area contributed by atoms with Crippen LogP contribution in [0.3, 0.4) is 0 Å². The monoisotopic (exact) mass is 554 g/mol. The molecule has 1 aliphatic rings. The maximum Gasteiger partial charge on any atom is 0.278 e. The number of allylic oxidation sites excluding steroid dienone is 1. The van der Waals surface area contributed by atoms with Gasteiger partial charge in [-0.05, 0) is 36.4 Å². The summed E-state index contributed by atoms with van der Waals surface area (Å²) >= 11 is 0. The number of hydrogen-bond donors (Lipinski definition) is 1. The molecular formula is C26H28F2N8O2S. The molecule has 1 aromatic carbocycles. The third-order valence-electron chi connectivity index (χ3n) is 6.21. The summed E-state index contributed by atoms with van der Waals surface area (Å²) in [6.07, 6.45) is 5.76. The van der Waals surface area contributed by atoms with Crippen LogP contribution in [-0.4, -0.2) is 60.0 Å². The lowest BCUT2D eigenvalue weighted by Gasteiger charge is -2.33. The van der Waals surface area contributed by atoms with Gasteiger partial charge in [-0.1, -0.05) is 12.1 Å². The number of hydrogen-bond acceptors (Lipinski definition) is 8. The minimum atomic E-state index is -2.60. The van der Waals surface area contributed by atoms with Crippen LogP contribution in [0.15, 0.2) is 70.5 Å². The van der Waals surface area contributed by atoms with Crippen molar-refractivity contribution in [2.24, 2.45) is 4.36 Å². The van der Waals surface area contributed by atoms with Crippen molar-refractivity contribution in [2.75, 3.05) is 35.8 Å². The molecule has 13 heteroatoms. The second kappa shape index (κ2) is 10.2. The van der Waals surface area contributed by atoms with Crippen molar-refractivity contribution >= 4 is 43.9 Å². The number of fused-ring (bicyclic) bond motifs is 1. The fraction of sp³-hybridized carbons (Fsp3) is 0.308. The van der Waals surface area contributed by atoms with Crippen LogP contribution in [0.1, 0.15) is 12.8 Å². The molecule has 0 bridgehead atoms. The number of alkyl halides is 2. The molecule has 10 nitrogen and oxygen atoms in total. The number of pyridine rings is 1. The predicted molar refractivity (Wildman–Crippen MR) is 149 cm³/mol. The van der Waals surface area contributed by atoms with Crippen molar-refractivity contribution < 1.29 is 13.0 Å². The van der Waals surface area contributed by atoms with Gasteiger partial charge in [-0.2, -0.15) is 9.35 Å². The topological polar surface area (TPSA) is 110 Å². The first-order valence-electron chi connectivity index (χ1n) is 12.3. The fourth-order valence-corrected chi connectivity index (χ4v) is 4.94. The van der Waals surface area contributed by atoms with Gasteiger partial charge in [0.1, 0.15) is 5.39 Å². The summed E-state index contributed by atoms with van der Waals surface area (Å²) in [5.41, 5.74) is 1.57. The Bertz CT molecular complexity index is 1700. The molecule has 0 atom stereocenters. The summed E-state index contributed by atoms with van der Waals surface area (Å²) in [6.45, 7) is 4.55. The first-order valence-corrected chi connectivity index (χ1v) is 14.6. The minimum absolute atomic E-state index is 0.157. The zero-order valence-corrected chi connectivity index (χ0v) is 22.4. The number of nitrogens with one attached hydrogen (secondary N) is 1. The second-order valence-corrected chi connectivity index (χ2v) is 12.1. The van der Waals surface area contributed by atoms with Gasteiger partial charge in [0.15, 0.2) is 17.3 Å². The molecule has 1 fully saturated rings. The molecule has 4 heterocycles. The highest BCUT2D eigenvalue weighted by Crippen LogP contribution is 2.31. The van der Waals surface area contributed by atoms with Gasteiger partial charge in [-0.3, -0.25) is 4.79 Å². The smallest absolute Gasteiger partial charge is 0.278 e. The molecule has 0 unspecified atom stereocenters. The molecule has 39 heavy (non-hydrogen) atoms. The van der Waals surface area contributed by atoms with Gasteiger partial charge < -0.3 is 10.2 Å². The largest absolute Gasteiger partial charge is 0.371 e. The summed E-state index contributed by atoms with van der Waals surface area (Å²) in [5.74, 6) is -1.70. The Morgan fingerprint density at radius 1 is 1.13 bits per heavy atom. The third kappa shape index (κ3) is 5.82. The van der Waals surface area contributed by atoms with E-state index in [0.717, 1.165) is 5.69 Å². The summed E-state index contributed by atoms with van der Waals surface area (Å²) in [7, 11) is -2.44. The number of benzene rings is 1. The maximum atomic E-state index is 13.5. The van der Waals surface area contributed by atoms with Crippen LogP contribution in [-0.2, 0) is 16.3 Å². The van der Waals surface area contributed by atoms with E-state index in [9.17, 15) is 17.8 Å². The molecular weight excluding hydrogens is 526 g/mol. The van der Waals surface area contributed by atoms with Crippen molar-refractivity contribution in [2.45, 2.75) is 25.3 Å². The van der Waals surface area contributed by atoms with Crippen LogP contribution >= 0.6 is 0 Å².